The number of nitrogens with zero attached hydrogens (tertiary/aromatic N) is 3. The molecule has 336 valence electrons. The topological polar surface area (TPSA) is 38.7 Å². The van der Waals surface area contributed by atoms with Gasteiger partial charge in [0.15, 0.2) is 17.5 Å². The Morgan fingerprint density at radius 1 is 0.254 bits per heavy atom. The van der Waals surface area contributed by atoms with E-state index in [2.05, 4.69) is 262 Å². The van der Waals surface area contributed by atoms with Gasteiger partial charge in [0.05, 0.1) is 13.5 Å². The van der Waals surface area contributed by atoms with Crippen LogP contribution in [0.5, 0.6) is 0 Å². The Morgan fingerprint density at radius 2 is 0.563 bits per heavy atom. The summed E-state index contributed by atoms with van der Waals surface area (Å²) in [5, 5.41) is 1.44. The van der Waals surface area contributed by atoms with Gasteiger partial charge in [-0.25, -0.2) is 15.0 Å². The molecule has 0 bridgehead atoms. The highest BCUT2D eigenvalue weighted by molar-refractivity contribution is 6.88. The molecule has 2 aliphatic carbocycles. The van der Waals surface area contributed by atoms with Crippen LogP contribution >= 0.6 is 0 Å². The summed E-state index contributed by atoms with van der Waals surface area (Å²) in [6.45, 7) is 7.17. The van der Waals surface area contributed by atoms with Crippen molar-refractivity contribution in [3.63, 3.8) is 0 Å². The minimum Gasteiger partial charge on any atom is -0.208 e. The molecule has 11 aromatic rings. The molecule has 0 unspecified atom stereocenters. The first-order valence-electron chi connectivity index (χ1n) is 24.6. The quantitative estimate of drug-likeness (QED) is 0.143. The van der Waals surface area contributed by atoms with E-state index in [0.717, 1.165) is 33.4 Å². The maximum atomic E-state index is 5.39. The maximum Gasteiger partial charge on any atom is 0.164 e. The Labute approximate surface area is 416 Å². The summed E-state index contributed by atoms with van der Waals surface area (Å²) < 4.78 is 0. The average molecular weight is 924 g/mol. The normalized spacial score (nSPS) is 12.8. The number of benzene rings is 10. The van der Waals surface area contributed by atoms with Crippen molar-refractivity contribution in [2.75, 3.05) is 0 Å². The fourth-order valence-corrected chi connectivity index (χ4v) is 12.4. The molecule has 3 nitrogen and oxygen atoms in total. The van der Waals surface area contributed by atoms with Crippen LogP contribution in [0.15, 0.2) is 243 Å². The highest BCUT2D eigenvalue weighted by atomic mass is 28.3. The molecule has 4 heteroatoms. The summed E-state index contributed by atoms with van der Waals surface area (Å²) >= 11 is 0. The molecule has 0 N–H and O–H groups in total. The lowest BCUT2D eigenvalue weighted by molar-refractivity contribution is 0.794. The van der Waals surface area contributed by atoms with Gasteiger partial charge in [0, 0.05) is 16.7 Å². The predicted octanol–water partition coefficient (Wildman–Crippen LogP) is 16.4. The molecule has 1 aromatic heterocycles. The zero-order valence-electron chi connectivity index (χ0n) is 39.9. The third kappa shape index (κ3) is 7.21. The highest BCUT2D eigenvalue weighted by Crippen LogP contribution is 2.63. The van der Waals surface area contributed by atoms with E-state index < -0.39 is 13.5 Å². The van der Waals surface area contributed by atoms with E-state index in [1.807, 2.05) is 0 Å². The molecular formula is C67H49N3Si. The summed E-state index contributed by atoms with van der Waals surface area (Å²) in [5.74, 6) is 1.89. The van der Waals surface area contributed by atoms with E-state index in [1.165, 1.54) is 77.5 Å². The molecule has 0 radical (unpaired) electrons. The van der Waals surface area contributed by atoms with Gasteiger partial charge in [-0.1, -0.05) is 243 Å². The van der Waals surface area contributed by atoms with Crippen molar-refractivity contribution in [3.8, 4) is 101 Å². The molecule has 0 aliphatic heterocycles. The second-order valence-electron chi connectivity index (χ2n) is 20.0. The summed E-state index contributed by atoms with van der Waals surface area (Å²) in [7, 11) is -1.45. The van der Waals surface area contributed by atoms with Gasteiger partial charge in [0.25, 0.3) is 0 Å². The van der Waals surface area contributed by atoms with Gasteiger partial charge in [0.1, 0.15) is 0 Å². The Balaban J connectivity index is 0.939. The second-order valence-corrected chi connectivity index (χ2v) is 25.0. The van der Waals surface area contributed by atoms with Crippen molar-refractivity contribution in [3.05, 3.63) is 265 Å². The van der Waals surface area contributed by atoms with Crippen molar-refractivity contribution >= 4 is 13.3 Å². The molecule has 0 saturated heterocycles. The van der Waals surface area contributed by atoms with Gasteiger partial charge in [-0.15, -0.1) is 0 Å². The fraction of sp³-hybridized carbons (Fsp3) is 0.0597. The summed E-state index contributed by atoms with van der Waals surface area (Å²) in [6, 6.07) is 88.3. The van der Waals surface area contributed by atoms with Crippen LogP contribution in [0.3, 0.4) is 0 Å². The van der Waals surface area contributed by atoms with Gasteiger partial charge in [-0.2, -0.15) is 0 Å². The van der Waals surface area contributed by atoms with Crippen LogP contribution in [0.4, 0.5) is 0 Å². The molecule has 2 aliphatic rings. The zero-order valence-corrected chi connectivity index (χ0v) is 40.9. The monoisotopic (exact) mass is 923 g/mol. The molecule has 0 amide bonds. The van der Waals surface area contributed by atoms with Gasteiger partial charge in [0.2, 0.25) is 0 Å². The van der Waals surface area contributed by atoms with E-state index >= 15 is 0 Å². The lowest BCUT2D eigenvalue weighted by Crippen LogP contribution is -2.37. The highest BCUT2D eigenvalue weighted by Gasteiger charge is 2.51. The molecule has 0 saturated carbocycles. The van der Waals surface area contributed by atoms with Gasteiger partial charge in [-0.05, 0) is 113 Å². The Hall–Kier alpha value is -8.57. The first-order chi connectivity index (χ1) is 34.8. The van der Waals surface area contributed by atoms with Gasteiger partial charge < -0.3 is 0 Å². The number of rotatable bonds is 8. The van der Waals surface area contributed by atoms with Crippen molar-refractivity contribution in [1.29, 1.82) is 0 Å². The molecule has 13 rings (SSSR count). The molecule has 10 aromatic carbocycles. The SMILES string of the molecule is C[Si](C)(C)c1ccc(-c2cccc(-c3nc(-c4cccc(-c5ccc(-c6cccc(-c7ccccc7)c6)cc5)c4)nc(-c4ccc5c(c4)C4(c6ccccc6-c6ccccc64)c4ccccc4-5)n3)c2)cc1. The minimum atomic E-state index is -1.45. The first kappa shape index (κ1) is 42.5. The van der Waals surface area contributed by atoms with E-state index in [4.69, 9.17) is 15.0 Å². The van der Waals surface area contributed by atoms with E-state index in [1.54, 1.807) is 0 Å². The Kier molecular flexibility index (Phi) is 10.1. The van der Waals surface area contributed by atoms with Crippen molar-refractivity contribution in [2.24, 2.45) is 0 Å². The minimum absolute atomic E-state index is 0.484. The third-order valence-corrected chi connectivity index (χ3v) is 16.8. The standard InChI is InChI=1S/C67H49N3Si/c1-71(2,3)55-37-34-47(35-38-55)51-21-15-23-53(42-51)65-68-64(52-22-14-20-50(41-52)46-32-30-45(31-33-46)49-19-13-18-48(40-49)44-16-5-4-6-17-44)69-66(70-65)54-36-39-59-58-26-9-12-29-62(58)67(63(59)43-54)60-27-10-7-24-56(60)57-25-8-11-28-61(57)67/h4-43H,1-3H3. The van der Waals surface area contributed by atoms with Crippen molar-refractivity contribution in [1.82, 2.24) is 15.0 Å². The largest absolute Gasteiger partial charge is 0.208 e. The van der Waals surface area contributed by atoms with E-state index in [9.17, 15) is 0 Å². The lowest BCUT2D eigenvalue weighted by Gasteiger charge is -2.30. The van der Waals surface area contributed by atoms with Crippen molar-refractivity contribution in [2.45, 2.75) is 25.1 Å². The van der Waals surface area contributed by atoms with Gasteiger partial charge in [-0.3, -0.25) is 0 Å². The molecule has 0 atom stereocenters. The second kappa shape index (κ2) is 16.8. The van der Waals surface area contributed by atoms with E-state index in [0.29, 0.717) is 17.5 Å². The summed E-state index contributed by atoms with van der Waals surface area (Å²) in [5.41, 5.74) is 21.8. The van der Waals surface area contributed by atoms with Gasteiger partial charge >= 0.3 is 0 Å². The van der Waals surface area contributed by atoms with Crippen LogP contribution in [0, 0.1) is 0 Å². The van der Waals surface area contributed by atoms with Crippen LogP contribution in [0.1, 0.15) is 22.3 Å². The average Bonchev–Trinajstić information content (AvgIpc) is 3.91. The molecule has 1 heterocycles. The fourth-order valence-electron chi connectivity index (χ4n) is 11.2. The summed E-state index contributed by atoms with van der Waals surface area (Å²) in [4.78, 5) is 16.1. The predicted molar refractivity (Wildman–Crippen MR) is 297 cm³/mol. The van der Waals surface area contributed by atoms with Crippen LogP contribution in [-0.4, -0.2) is 23.0 Å². The van der Waals surface area contributed by atoms with Crippen LogP contribution in [0.25, 0.3) is 101 Å². The smallest absolute Gasteiger partial charge is 0.164 e. The maximum absolute atomic E-state index is 5.39. The van der Waals surface area contributed by atoms with Crippen LogP contribution in [-0.2, 0) is 5.41 Å². The molecule has 1 spiro atoms. The number of hydrogen-bond donors (Lipinski definition) is 0. The molecule has 71 heavy (non-hydrogen) atoms. The third-order valence-electron chi connectivity index (χ3n) is 14.7. The van der Waals surface area contributed by atoms with Crippen LogP contribution in [0.2, 0.25) is 19.6 Å². The Bertz CT molecular complexity index is 3790. The number of hydrogen-bond acceptors (Lipinski definition) is 3. The van der Waals surface area contributed by atoms with Crippen LogP contribution < -0.4 is 5.19 Å². The Morgan fingerprint density at radius 3 is 1.00 bits per heavy atom. The number of fused-ring (bicyclic) bond motifs is 10. The molecular weight excluding hydrogens is 875 g/mol. The summed E-state index contributed by atoms with van der Waals surface area (Å²) in [6.07, 6.45) is 0. The number of aromatic nitrogens is 3. The van der Waals surface area contributed by atoms with Crippen molar-refractivity contribution < 1.29 is 0 Å². The zero-order chi connectivity index (χ0) is 47.7. The lowest BCUT2D eigenvalue weighted by atomic mass is 9.70. The molecule has 0 fully saturated rings. The van der Waals surface area contributed by atoms with E-state index in [-0.39, 0.29) is 0 Å². The first-order valence-corrected chi connectivity index (χ1v) is 28.1.